The minimum atomic E-state index is -1.23. The lowest BCUT2D eigenvalue weighted by Gasteiger charge is -2.41. The molecule has 3 saturated heterocycles. The number of ether oxygens (including phenoxy) is 2. The molecule has 8 nitrogen and oxygen atoms in total. The van der Waals surface area contributed by atoms with Crippen LogP contribution >= 0.6 is 15.9 Å². The molecule has 3 fully saturated rings. The molecule has 0 radical (unpaired) electrons. The van der Waals surface area contributed by atoms with Crippen LogP contribution in [0.2, 0.25) is 0 Å². The average Bonchev–Trinajstić information content (AvgIpc) is 3.55. The molecule has 0 aromatic heterocycles. The number of rotatable bonds is 10. The normalized spacial score (nSPS) is 30.3. The number of carbonyl (C=O) groups is 3. The summed E-state index contributed by atoms with van der Waals surface area (Å²) in [6.07, 6.45) is 2.15. The van der Waals surface area contributed by atoms with Gasteiger partial charge in [0.05, 0.1) is 37.2 Å². The summed E-state index contributed by atoms with van der Waals surface area (Å²) in [5.41, 5.74) is -0.563. The van der Waals surface area contributed by atoms with Crippen molar-refractivity contribution < 1.29 is 29.0 Å². The van der Waals surface area contributed by atoms with Gasteiger partial charge in [0.15, 0.2) is 0 Å². The molecule has 3 aliphatic rings. The summed E-state index contributed by atoms with van der Waals surface area (Å²) in [6.45, 7) is 9.64. The molecule has 8 atom stereocenters. The maximum Gasteiger partial charge on any atom is 0.312 e. The summed E-state index contributed by atoms with van der Waals surface area (Å²) in [5, 5.41) is 12.6. The van der Waals surface area contributed by atoms with Gasteiger partial charge in [0.25, 0.3) is 5.91 Å². The molecular weight excluding hydrogens is 576 g/mol. The predicted molar refractivity (Wildman–Crippen MR) is 156 cm³/mol. The Balaban J connectivity index is 1.64. The van der Waals surface area contributed by atoms with E-state index in [0.29, 0.717) is 18.5 Å². The molecule has 214 valence electrons. The van der Waals surface area contributed by atoms with E-state index in [4.69, 9.17) is 9.47 Å². The van der Waals surface area contributed by atoms with Crippen molar-refractivity contribution in [2.75, 3.05) is 24.7 Å². The lowest BCUT2D eigenvalue weighted by Crippen LogP contribution is -2.60. The second kappa shape index (κ2) is 11.3. The van der Waals surface area contributed by atoms with E-state index in [-0.39, 0.29) is 42.3 Å². The fraction of sp³-hybridized carbons (Fsp3) is 0.516. The predicted octanol–water partition coefficient (Wildman–Crippen LogP) is 4.08. The van der Waals surface area contributed by atoms with Crippen molar-refractivity contribution in [2.45, 2.75) is 62.2 Å². The maximum absolute atomic E-state index is 14.8. The van der Waals surface area contributed by atoms with Crippen LogP contribution in [-0.4, -0.2) is 76.2 Å². The number of benzene rings is 2. The van der Waals surface area contributed by atoms with Gasteiger partial charge in [-0.1, -0.05) is 72.6 Å². The van der Waals surface area contributed by atoms with Crippen LogP contribution in [0.15, 0.2) is 55.1 Å². The van der Waals surface area contributed by atoms with Gasteiger partial charge in [-0.2, -0.15) is 0 Å². The van der Waals surface area contributed by atoms with Gasteiger partial charge < -0.3 is 24.4 Å². The van der Waals surface area contributed by atoms with Gasteiger partial charge in [-0.15, -0.1) is 6.58 Å². The van der Waals surface area contributed by atoms with Gasteiger partial charge in [0.2, 0.25) is 5.91 Å². The fourth-order valence-electron chi connectivity index (χ4n) is 6.97. The number of halogens is 1. The molecule has 0 aliphatic carbocycles. The third-order valence-electron chi connectivity index (χ3n) is 8.99. The molecule has 1 unspecified atom stereocenters. The average molecular weight is 614 g/mol. The lowest BCUT2D eigenvalue weighted by atomic mass is 9.70. The zero-order valence-electron chi connectivity index (χ0n) is 23.2. The van der Waals surface area contributed by atoms with E-state index >= 15 is 0 Å². The van der Waals surface area contributed by atoms with E-state index in [0.717, 1.165) is 10.8 Å². The van der Waals surface area contributed by atoms with Crippen LogP contribution in [0.25, 0.3) is 10.8 Å². The molecule has 2 amide bonds. The Morgan fingerprint density at radius 2 is 2.00 bits per heavy atom. The number of hydrogen-bond acceptors (Lipinski definition) is 6. The van der Waals surface area contributed by atoms with Crippen LogP contribution in [0.5, 0.6) is 0 Å². The highest BCUT2D eigenvalue weighted by molar-refractivity contribution is 9.09. The fourth-order valence-corrected chi connectivity index (χ4v) is 7.91. The summed E-state index contributed by atoms with van der Waals surface area (Å²) < 4.78 is 12.0. The maximum atomic E-state index is 14.8. The van der Waals surface area contributed by atoms with Gasteiger partial charge in [-0.05, 0) is 42.2 Å². The van der Waals surface area contributed by atoms with Crippen molar-refractivity contribution in [2.24, 2.45) is 17.8 Å². The number of amides is 2. The van der Waals surface area contributed by atoms with Crippen LogP contribution in [0.4, 0.5) is 5.69 Å². The molecule has 0 saturated carbocycles. The number of hydrogen-bond donors (Lipinski definition) is 1. The molecule has 2 bridgehead atoms. The van der Waals surface area contributed by atoms with Crippen LogP contribution < -0.4 is 4.90 Å². The number of aliphatic hydroxyl groups is 1. The third kappa shape index (κ3) is 4.37. The first-order valence-electron chi connectivity index (χ1n) is 14.1. The molecule has 1 spiro atoms. The monoisotopic (exact) mass is 612 g/mol. The molecule has 3 aliphatic heterocycles. The zero-order chi connectivity index (χ0) is 28.8. The van der Waals surface area contributed by atoms with Crippen molar-refractivity contribution >= 4 is 50.2 Å². The van der Waals surface area contributed by atoms with Gasteiger partial charge in [0, 0.05) is 17.1 Å². The Morgan fingerprint density at radius 3 is 2.65 bits per heavy atom. The number of fused-ring (bicyclic) bond motifs is 2. The van der Waals surface area contributed by atoms with Crippen LogP contribution in [-0.2, 0) is 23.9 Å². The van der Waals surface area contributed by atoms with Crippen molar-refractivity contribution in [1.29, 1.82) is 0 Å². The van der Waals surface area contributed by atoms with Crippen molar-refractivity contribution in [3.63, 3.8) is 0 Å². The number of alkyl halides is 1. The number of aliphatic hydroxyl groups excluding tert-OH is 1. The van der Waals surface area contributed by atoms with E-state index < -0.39 is 41.6 Å². The first-order valence-corrected chi connectivity index (χ1v) is 15.0. The topological polar surface area (TPSA) is 96.4 Å². The first-order chi connectivity index (χ1) is 19.2. The Kier molecular flexibility index (Phi) is 8.10. The van der Waals surface area contributed by atoms with E-state index in [1.165, 1.54) is 4.90 Å². The highest BCUT2D eigenvalue weighted by Gasteiger charge is 2.77. The Morgan fingerprint density at radius 1 is 1.27 bits per heavy atom. The Hall–Kier alpha value is -2.75. The summed E-state index contributed by atoms with van der Waals surface area (Å²) >= 11 is 3.69. The molecule has 3 heterocycles. The van der Waals surface area contributed by atoms with Gasteiger partial charge >= 0.3 is 5.97 Å². The van der Waals surface area contributed by atoms with E-state index in [2.05, 4.69) is 22.5 Å². The molecule has 40 heavy (non-hydrogen) atoms. The van der Waals surface area contributed by atoms with Crippen LogP contribution in [0, 0.1) is 17.8 Å². The zero-order valence-corrected chi connectivity index (χ0v) is 24.7. The largest absolute Gasteiger partial charge is 0.466 e. The summed E-state index contributed by atoms with van der Waals surface area (Å²) in [7, 11) is 0. The molecular formula is C31H37BrN2O6. The molecule has 9 heteroatoms. The van der Waals surface area contributed by atoms with Crippen molar-refractivity contribution in [3.8, 4) is 0 Å². The number of nitrogens with zero attached hydrogens (tertiary/aromatic N) is 2. The Labute approximate surface area is 243 Å². The van der Waals surface area contributed by atoms with E-state index in [1.807, 2.05) is 56.3 Å². The standard InChI is InChI=1S/C31H37BrN2O6/c1-5-14-33(21-13-12-19-10-8-9-11-20(19)15-21)29(37)27-31-16-22(32)26(40-31)24(30(38)39-7-3)25(31)28(36)34(27)23(17-35)18(4)6-2/h5,8-13,15,18,22-27,35H,1,6-7,14,16-17H2,2-4H3/t18-,22?,23-,24+,25-,26+,27+,31-/m0/s1. The molecule has 2 aromatic carbocycles. The number of likely N-dealkylation sites (tertiary alicyclic amines) is 1. The van der Waals surface area contributed by atoms with E-state index in [1.54, 1.807) is 17.9 Å². The van der Waals surface area contributed by atoms with Gasteiger partial charge in [0.1, 0.15) is 11.6 Å². The number of anilines is 1. The first kappa shape index (κ1) is 28.8. The van der Waals surface area contributed by atoms with Crippen molar-refractivity contribution in [1.82, 2.24) is 4.90 Å². The summed E-state index contributed by atoms with van der Waals surface area (Å²) in [6, 6.07) is 12.1. The number of esters is 1. The number of carbonyl (C=O) groups excluding carboxylic acids is 3. The second-order valence-electron chi connectivity index (χ2n) is 11.1. The summed E-state index contributed by atoms with van der Waals surface area (Å²) in [4.78, 5) is 45.3. The second-order valence-corrected chi connectivity index (χ2v) is 12.2. The van der Waals surface area contributed by atoms with Crippen LogP contribution in [0.3, 0.4) is 0 Å². The Bertz CT molecular complexity index is 1320. The van der Waals surface area contributed by atoms with Gasteiger partial charge in [-0.25, -0.2) is 0 Å². The van der Waals surface area contributed by atoms with Gasteiger partial charge in [-0.3, -0.25) is 14.4 Å². The summed E-state index contributed by atoms with van der Waals surface area (Å²) in [5.74, 6) is -2.96. The minimum absolute atomic E-state index is 0.0917. The third-order valence-corrected chi connectivity index (χ3v) is 9.83. The SMILES string of the molecule is C=CCN(C(=O)[C@H]1N([C@@H](CO)[C@@H](C)CC)C(=O)[C@@H]2[C@@H](C(=O)OCC)[C@@H]3O[C@@]21CC3Br)c1ccc2ccccc2c1. The molecule has 1 N–H and O–H groups in total. The molecule has 2 aromatic rings. The van der Waals surface area contributed by atoms with E-state index in [9.17, 15) is 19.5 Å². The minimum Gasteiger partial charge on any atom is -0.466 e. The van der Waals surface area contributed by atoms with Crippen LogP contribution in [0.1, 0.15) is 33.6 Å². The molecule has 5 rings (SSSR count). The quantitative estimate of drug-likeness (QED) is 0.247. The highest BCUT2D eigenvalue weighted by atomic mass is 79.9. The lowest BCUT2D eigenvalue weighted by molar-refractivity contribution is -0.155. The highest BCUT2D eigenvalue weighted by Crippen LogP contribution is 2.61. The smallest absolute Gasteiger partial charge is 0.312 e. The van der Waals surface area contributed by atoms with Crippen molar-refractivity contribution in [3.05, 3.63) is 55.1 Å².